The van der Waals surface area contributed by atoms with Gasteiger partial charge in [0.1, 0.15) is 0 Å². The van der Waals surface area contributed by atoms with E-state index in [0.29, 0.717) is 38.7 Å². The maximum Gasteiger partial charge on any atom is 0.281 e. The highest BCUT2D eigenvalue weighted by atomic mass is 35.5. The standard InChI is InChI=1S/C29H23Cl2N3O3/c1-19(20-12-15-24(16-13-20)32-27(35)25-17-14-23(30)18-26(25)31)33-34-28(36)29(37,21-8-4-2-5-9-21)22-10-6-3-7-11-22/h2-18,37H,1H3,(H,32,35)(H,34,36)/b33-19+. The van der Waals surface area contributed by atoms with Gasteiger partial charge in [-0.3, -0.25) is 9.59 Å². The number of nitrogens with zero attached hydrogens (tertiary/aromatic N) is 1. The number of hydrogen-bond donors (Lipinski definition) is 3. The highest BCUT2D eigenvalue weighted by molar-refractivity contribution is 6.37. The van der Waals surface area contributed by atoms with Gasteiger partial charge in [0.2, 0.25) is 0 Å². The van der Waals surface area contributed by atoms with Crippen LogP contribution in [0.25, 0.3) is 0 Å². The summed E-state index contributed by atoms with van der Waals surface area (Å²) in [5.74, 6) is -1.05. The number of carbonyl (C=O) groups excluding carboxylic acids is 2. The van der Waals surface area contributed by atoms with Crippen molar-refractivity contribution < 1.29 is 14.7 Å². The number of benzene rings is 4. The number of carbonyl (C=O) groups is 2. The van der Waals surface area contributed by atoms with Crippen LogP contribution in [0.1, 0.15) is 34.0 Å². The van der Waals surface area contributed by atoms with Gasteiger partial charge in [0.15, 0.2) is 5.60 Å². The maximum atomic E-state index is 13.2. The maximum absolute atomic E-state index is 13.2. The van der Waals surface area contributed by atoms with Crippen molar-refractivity contribution in [3.63, 3.8) is 0 Å². The molecule has 0 saturated heterocycles. The van der Waals surface area contributed by atoms with Crippen LogP contribution in [0.3, 0.4) is 0 Å². The molecule has 0 spiro atoms. The van der Waals surface area contributed by atoms with Gasteiger partial charge in [0.05, 0.1) is 16.3 Å². The average molecular weight is 532 g/mol. The predicted octanol–water partition coefficient (Wildman–Crippen LogP) is 6.02. The Morgan fingerprint density at radius 2 is 1.38 bits per heavy atom. The van der Waals surface area contributed by atoms with Gasteiger partial charge in [0, 0.05) is 10.7 Å². The normalized spacial score (nSPS) is 11.6. The summed E-state index contributed by atoms with van der Waals surface area (Å²) in [7, 11) is 0. The number of hydrogen-bond acceptors (Lipinski definition) is 4. The number of rotatable bonds is 7. The number of anilines is 1. The van der Waals surface area contributed by atoms with E-state index in [-0.39, 0.29) is 10.9 Å². The van der Waals surface area contributed by atoms with Gasteiger partial charge in [0.25, 0.3) is 11.8 Å². The molecule has 2 amide bonds. The monoisotopic (exact) mass is 531 g/mol. The molecule has 0 radical (unpaired) electrons. The molecule has 4 rings (SSSR count). The molecule has 3 N–H and O–H groups in total. The van der Waals surface area contributed by atoms with Crippen molar-refractivity contribution >= 4 is 46.4 Å². The summed E-state index contributed by atoms with van der Waals surface area (Å²) in [6.07, 6.45) is 0. The van der Waals surface area contributed by atoms with Crippen molar-refractivity contribution in [2.75, 3.05) is 5.32 Å². The minimum atomic E-state index is -1.93. The largest absolute Gasteiger partial charge is 0.372 e. The summed E-state index contributed by atoms with van der Waals surface area (Å²) >= 11 is 12.0. The Kier molecular flexibility index (Phi) is 8.04. The Labute approximate surface area is 224 Å². The molecule has 4 aromatic rings. The molecule has 8 heteroatoms. The molecule has 186 valence electrons. The molecule has 0 aliphatic heterocycles. The van der Waals surface area contributed by atoms with Crippen LogP contribution in [0, 0.1) is 0 Å². The van der Waals surface area contributed by atoms with Crippen LogP contribution in [-0.2, 0) is 10.4 Å². The Hall–Kier alpha value is -3.97. The fraction of sp³-hybridized carbons (Fsp3) is 0.0690. The molecule has 0 aromatic heterocycles. The molecule has 0 unspecified atom stereocenters. The molecular weight excluding hydrogens is 509 g/mol. The minimum Gasteiger partial charge on any atom is -0.372 e. The van der Waals surface area contributed by atoms with E-state index in [0.717, 1.165) is 0 Å². The van der Waals surface area contributed by atoms with Gasteiger partial charge in [-0.1, -0.05) is 96.0 Å². The Bertz CT molecular complexity index is 1400. The first-order valence-corrected chi connectivity index (χ1v) is 12.1. The third kappa shape index (κ3) is 5.89. The van der Waals surface area contributed by atoms with Gasteiger partial charge >= 0.3 is 0 Å². The fourth-order valence-electron chi connectivity index (χ4n) is 3.73. The number of amides is 2. The summed E-state index contributed by atoms with van der Waals surface area (Å²) in [5.41, 5.74) is 3.50. The van der Waals surface area contributed by atoms with Crippen LogP contribution in [0.2, 0.25) is 10.0 Å². The zero-order valence-corrected chi connectivity index (χ0v) is 21.3. The van der Waals surface area contributed by atoms with Crippen molar-refractivity contribution in [2.45, 2.75) is 12.5 Å². The smallest absolute Gasteiger partial charge is 0.281 e. The van der Waals surface area contributed by atoms with Crippen LogP contribution in [0.15, 0.2) is 108 Å². The van der Waals surface area contributed by atoms with E-state index in [1.807, 2.05) is 12.1 Å². The SMILES string of the molecule is C/C(=N\NC(=O)C(O)(c1ccccc1)c1ccccc1)c1ccc(NC(=O)c2ccc(Cl)cc2Cl)cc1. The Balaban J connectivity index is 1.49. The first-order valence-electron chi connectivity index (χ1n) is 11.3. The van der Waals surface area contributed by atoms with E-state index in [9.17, 15) is 14.7 Å². The molecular formula is C29H23Cl2N3O3. The van der Waals surface area contributed by atoms with E-state index < -0.39 is 11.5 Å². The third-order valence-electron chi connectivity index (χ3n) is 5.77. The zero-order chi connectivity index (χ0) is 26.4. The first-order chi connectivity index (χ1) is 17.8. The van der Waals surface area contributed by atoms with Crippen LogP contribution in [-0.4, -0.2) is 22.6 Å². The van der Waals surface area contributed by atoms with E-state index in [1.165, 1.54) is 6.07 Å². The second-order valence-electron chi connectivity index (χ2n) is 8.24. The molecule has 0 fully saturated rings. The lowest BCUT2D eigenvalue weighted by Gasteiger charge is -2.27. The quantitative estimate of drug-likeness (QED) is 0.201. The molecule has 0 saturated carbocycles. The van der Waals surface area contributed by atoms with Crippen molar-refractivity contribution in [1.29, 1.82) is 0 Å². The van der Waals surface area contributed by atoms with Crippen molar-refractivity contribution in [2.24, 2.45) is 5.10 Å². The van der Waals surface area contributed by atoms with Gasteiger partial charge in [-0.25, -0.2) is 5.43 Å². The zero-order valence-electron chi connectivity index (χ0n) is 19.8. The summed E-state index contributed by atoms with van der Waals surface area (Å²) in [6, 6.07) is 29.0. The number of hydrazone groups is 1. The summed E-state index contributed by atoms with van der Waals surface area (Å²) in [5, 5.41) is 19.2. The van der Waals surface area contributed by atoms with Crippen molar-refractivity contribution in [3.8, 4) is 0 Å². The molecule has 0 heterocycles. The predicted molar refractivity (Wildman–Crippen MR) is 147 cm³/mol. The van der Waals surface area contributed by atoms with E-state index in [1.54, 1.807) is 91.9 Å². The van der Waals surface area contributed by atoms with Crippen LogP contribution < -0.4 is 10.7 Å². The Morgan fingerprint density at radius 3 is 1.92 bits per heavy atom. The molecule has 0 aliphatic carbocycles. The van der Waals surface area contributed by atoms with Gasteiger partial charge in [-0.15, -0.1) is 0 Å². The molecule has 0 aliphatic rings. The van der Waals surface area contributed by atoms with Gasteiger partial charge in [-0.05, 0) is 53.9 Å². The van der Waals surface area contributed by atoms with Crippen LogP contribution in [0.5, 0.6) is 0 Å². The average Bonchev–Trinajstić information content (AvgIpc) is 2.92. The Morgan fingerprint density at radius 1 is 0.811 bits per heavy atom. The highest BCUT2D eigenvalue weighted by Gasteiger charge is 2.39. The minimum absolute atomic E-state index is 0.256. The molecule has 37 heavy (non-hydrogen) atoms. The molecule has 4 aromatic carbocycles. The second-order valence-corrected chi connectivity index (χ2v) is 9.08. The summed E-state index contributed by atoms with van der Waals surface area (Å²) in [6.45, 7) is 1.73. The van der Waals surface area contributed by atoms with Crippen LogP contribution in [0.4, 0.5) is 5.69 Å². The summed E-state index contributed by atoms with van der Waals surface area (Å²) in [4.78, 5) is 25.8. The van der Waals surface area contributed by atoms with Gasteiger partial charge in [-0.2, -0.15) is 5.10 Å². The lowest BCUT2D eigenvalue weighted by molar-refractivity contribution is -0.136. The molecule has 0 atom stereocenters. The summed E-state index contributed by atoms with van der Waals surface area (Å²) < 4.78 is 0. The number of halogens is 2. The topological polar surface area (TPSA) is 90.8 Å². The van der Waals surface area contributed by atoms with E-state index in [2.05, 4.69) is 15.8 Å². The second kappa shape index (κ2) is 11.4. The van der Waals surface area contributed by atoms with Crippen molar-refractivity contribution in [3.05, 3.63) is 135 Å². The lowest BCUT2D eigenvalue weighted by Crippen LogP contribution is -2.43. The van der Waals surface area contributed by atoms with Crippen molar-refractivity contribution in [1.82, 2.24) is 5.43 Å². The van der Waals surface area contributed by atoms with Crippen LogP contribution >= 0.6 is 23.2 Å². The number of nitrogens with one attached hydrogen (secondary N) is 2. The van der Waals surface area contributed by atoms with E-state index in [4.69, 9.17) is 23.2 Å². The lowest BCUT2D eigenvalue weighted by atomic mass is 9.85. The first kappa shape index (κ1) is 26.1. The molecule has 6 nitrogen and oxygen atoms in total. The third-order valence-corrected chi connectivity index (χ3v) is 6.32. The van der Waals surface area contributed by atoms with Gasteiger partial charge < -0.3 is 10.4 Å². The van der Waals surface area contributed by atoms with E-state index >= 15 is 0 Å². The molecule has 0 bridgehead atoms. The number of aliphatic hydroxyl groups is 1. The fourth-order valence-corrected chi connectivity index (χ4v) is 4.23. The highest BCUT2D eigenvalue weighted by Crippen LogP contribution is 2.30.